The fourth-order valence-electron chi connectivity index (χ4n) is 2.92. The Morgan fingerprint density at radius 2 is 2.00 bits per heavy atom. The topological polar surface area (TPSA) is 32.3 Å². The minimum atomic E-state index is 0.320. The van der Waals surface area contributed by atoms with Gasteiger partial charge in [-0.3, -0.25) is 4.79 Å². The molecule has 1 aliphatic carbocycles. The predicted octanol–water partition coefficient (Wildman–Crippen LogP) is 1.26. The largest absolute Gasteiger partial charge is 0.314 e. The first-order valence-corrected chi connectivity index (χ1v) is 6.40. The van der Waals surface area contributed by atoms with Crippen molar-refractivity contribution in [2.45, 2.75) is 12.3 Å². The van der Waals surface area contributed by atoms with E-state index in [9.17, 15) is 4.79 Å². The van der Waals surface area contributed by atoms with Gasteiger partial charge in [0.15, 0.2) is 5.78 Å². The summed E-state index contributed by atoms with van der Waals surface area (Å²) < 4.78 is 0. The lowest BCUT2D eigenvalue weighted by molar-refractivity contribution is 0.0982. The number of ketones is 1. The van der Waals surface area contributed by atoms with Crippen LogP contribution in [-0.4, -0.2) is 43.4 Å². The summed E-state index contributed by atoms with van der Waals surface area (Å²) in [7, 11) is 0. The number of nitrogens with zero attached hydrogens (tertiary/aromatic N) is 1. The Balaban J connectivity index is 1.75. The fraction of sp³-hybridized carbons (Fsp3) is 0.500. The molecule has 3 rings (SSSR count). The normalized spacial score (nSPS) is 24.9. The van der Waals surface area contributed by atoms with Gasteiger partial charge in [0.25, 0.3) is 0 Å². The Bertz CT molecular complexity index is 424. The van der Waals surface area contributed by atoms with Crippen LogP contribution in [-0.2, 0) is 0 Å². The van der Waals surface area contributed by atoms with Gasteiger partial charge in [0.05, 0.1) is 0 Å². The maximum atomic E-state index is 11.9. The molecule has 1 unspecified atom stereocenters. The van der Waals surface area contributed by atoms with Crippen LogP contribution in [0.25, 0.3) is 0 Å². The first kappa shape index (κ1) is 10.9. The highest BCUT2D eigenvalue weighted by Gasteiger charge is 2.30. The molecule has 1 aromatic carbocycles. The molecule has 3 heteroatoms. The quantitative estimate of drug-likeness (QED) is 0.830. The molecule has 1 fully saturated rings. The van der Waals surface area contributed by atoms with E-state index in [1.165, 1.54) is 5.56 Å². The predicted molar refractivity (Wildman–Crippen MR) is 67.4 cm³/mol. The lowest BCUT2D eigenvalue weighted by Gasteiger charge is -2.29. The standard InChI is InChI=1S/C14H18N2O/c17-14-9-11(10-16-7-5-15-6-8-16)12-3-1-2-4-13(12)14/h1-4,11,15H,5-10H2. The lowest BCUT2D eigenvalue weighted by Crippen LogP contribution is -2.44. The molecule has 1 aliphatic heterocycles. The maximum Gasteiger partial charge on any atom is 0.163 e. The molecule has 90 valence electrons. The average Bonchev–Trinajstić information content (AvgIpc) is 2.69. The van der Waals surface area contributed by atoms with E-state index in [4.69, 9.17) is 0 Å². The zero-order valence-electron chi connectivity index (χ0n) is 9.98. The average molecular weight is 230 g/mol. The molecule has 0 amide bonds. The molecule has 1 atom stereocenters. The summed E-state index contributed by atoms with van der Waals surface area (Å²) in [4.78, 5) is 14.4. The third kappa shape index (κ3) is 2.13. The maximum absolute atomic E-state index is 11.9. The van der Waals surface area contributed by atoms with Crippen molar-refractivity contribution in [1.29, 1.82) is 0 Å². The van der Waals surface area contributed by atoms with Crippen LogP contribution in [0.3, 0.4) is 0 Å². The van der Waals surface area contributed by atoms with Gasteiger partial charge < -0.3 is 10.2 Å². The van der Waals surface area contributed by atoms with Gasteiger partial charge in [-0.15, -0.1) is 0 Å². The van der Waals surface area contributed by atoms with Gasteiger partial charge in [-0.25, -0.2) is 0 Å². The number of fused-ring (bicyclic) bond motifs is 1. The van der Waals surface area contributed by atoms with E-state index in [-0.39, 0.29) is 0 Å². The number of benzene rings is 1. The van der Waals surface area contributed by atoms with Crippen LogP contribution in [0.2, 0.25) is 0 Å². The second-order valence-corrected chi connectivity index (χ2v) is 4.96. The summed E-state index contributed by atoms with van der Waals surface area (Å²) in [5, 5.41) is 3.36. The van der Waals surface area contributed by atoms with Crippen molar-refractivity contribution in [2.75, 3.05) is 32.7 Å². The van der Waals surface area contributed by atoms with Gasteiger partial charge in [0.1, 0.15) is 0 Å². The van der Waals surface area contributed by atoms with E-state index in [2.05, 4.69) is 16.3 Å². The highest BCUT2D eigenvalue weighted by Crippen LogP contribution is 2.33. The third-order valence-corrected chi connectivity index (χ3v) is 3.82. The summed E-state index contributed by atoms with van der Waals surface area (Å²) in [5.74, 6) is 0.734. The highest BCUT2D eigenvalue weighted by molar-refractivity contribution is 6.01. The molecular formula is C14H18N2O. The summed E-state index contributed by atoms with van der Waals surface area (Å²) in [6.45, 7) is 5.38. The van der Waals surface area contributed by atoms with Crippen molar-refractivity contribution in [1.82, 2.24) is 10.2 Å². The number of hydrogen-bond donors (Lipinski definition) is 1. The smallest absolute Gasteiger partial charge is 0.163 e. The molecule has 1 saturated heterocycles. The fourth-order valence-corrected chi connectivity index (χ4v) is 2.92. The number of hydrogen-bond acceptors (Lipinski definition) is 3. The van der Waals surface area contributed by atoms with Crippen molar-refractivity contribution >= 4 is 5.78 Å². The van der Waals surface area contributed by atoms with Crippen molar-refractivity contribution in [3.05, 3.63) is 35.4 Å². The molecule has 1 N–H and O–H groups in total. The van der Waals surface area contributed by atoms with Crippen LogP contribution in [0.15, 0.2) is 24.3 Å². The first-order chi connectivity index (χ1) is 8.34. The van der Waals surface area contributed by atoms with Crippen LogP contribution in [0.1, 0.15) is 28.3 Å². The molecule has 1 heterocycles. The Labute approximate surface area is 102 Å². The van der Waals surface area contributed by atoms with Crippen molar-refractivity contribution in [3.63, 3.8) is 0 Å². The Hall–Kier alpha value is -1.19. The Kier molecular flexibility index (Phi) is 2.95. The zero-order chi connectivity index (χ0) is 11.7. The van der Waals surface area contributed by atoms with E-state index in [0.29, 0.717) is 18.1 Å². The summed E-state index contributed by atoms with van der Waals surface area (Å²) in [6, 6.07) is 8.09. The van der Waals surface area contributed by atoms with Gasteiger partial charge in [-0.05, 0) is 5.56 Å². The van der Waals surface area contributed by atoms with E-state index in [1.54, 1.807) is 0 Å². The lowest BCUT2D eigenvalue weighted by atomic mass is 10.0. The zero-order valence-corrected chi connectivity index (χ0v) is 9.98. The molecule has 2 aliphatic rings. The SMILES string of the molecule is O=C1CC(CN2CCNCC2)c2ccccc21. The summed E-state index contributed by atoms with van der Waals surface area (Å²) >= 11 is 0. The molecule has 0 bridgehead atoms. The minimum Gasteiger partial charge on any atom is -0.314 e. The molecule has 0 radical (unpaired) electrons. The van der Waals surface area contributed by atoms with Gasteiger partial charge in [-0.1, -0.05) is 24.3 Å². The minimum absolute atomic E-state index is 0.320. The number of carbonyl (C=O) groups excluding carboxylic acids is 1. The molecule has 17 heavy (non-hydrogen) atoms. The summed E-state index contributed by atoms with van der Waals surface area (Å²) in [5.41, 5.74) is 2.21. The van der Waals surface area contributed by atoms with E-state index >= 15 is 0 Å². The number of Topliss-reactive ketones (excluding diaryl/α,β-unsaturated/α-hetero) is 1. The number of piperazine rings is 1. The van der Waals surface area contributed by atoms with E-state index in [0.717, 1.165) is 38.3 Å². The van der Waals surface area contributed by atoms with Crippen LogP contribution >= 0.6 is 0 Å². The second-order valence-electron chi connectivity index (χ2n) is 4.96. The first-order valence-electron chi connectivity index (χ1n) is 6.40. The van der Waals surface area contributed by atoms with Gasteiger partial charge >= 0.3 is 0 Å². The van der Waals surface area contributed by atoms with Gasteiger partial charge in [-0.2, -0.15) is 0 Å². The van der Waals surface area contributed by atoms with Gasteiger partial charge in [0, 0.05) is 50.6 Å². The van der Waals surface area contributed by atoms with Crippen LogP contribution in [0.4, 0.5) is 0 Å². The monoisotopic (exact) mass is 230 g/mol. The molecular weight excluding hydrogens is 212 g/mol. The van der Waals surface area contributed by atoms with E-state index in [1.807, 2.05) is 18.2 Å². The summed E-state index contributed by atoms with van der Waals surface area (Å²) in [6.07, 6.45) is 0.698. The van der Waals surface area contributed by atoms with Crippen molar-refractivity contribution < 1.29 is 4.79 Å². The van der Waals surface area contributed by atoms with Crippen LogP contribution in [0, 0.1) is 0 Å². The molecule has 0 aromatic heterocycles. The van der Waals surface area contributed by atoms with Crippen LogP contribution in [0.5, 0.6) is 0 Å². The Morgan fingerprint density at radius 1 is 1.24 bits per heavy atom. The highest BCUT2D eigenvalue weighted by atomic mass is 16.1. The van der Waals surface area contributed by atoms with Crippen molar-refractivity contribution in [3.8, 4) is 0 Å². The van der Waals surface area contributed by atoms with Crippen molar-refractivity contribution in [2.24, 2.45) is 0 Å². The van der Waals surface area contributed by atoms with Gasteiger partial charge in [0.2, 0.25) is 0 Å². The number of carbonyl (C=O) groups is 1. The van der Waals surface area contributed by atoms with Crippen LogP contribution < -0.4 is 5.32 Å². The third-order valence-electron chi connectivity index (χ3n) is 3.82. The second kappa shape index (κ2) is 4.59. The molecule has 0 saturated carbocycles. The molecule has 0 spiro atoms. The Morgan fingerprint density at radius 3 is 2.82 bits per heavy atom. The number of nitrogens with one attached hydrogen (secondary N) is 1. The number of rotatable bonds is 2. The molecule has 1 aromatic rings. The molecule has 3 nitrogen and oxygen atoms in total. The van der Waals surface area contributed by atoms with E-state index < -0.39 is 0 Å².